The molecule has 1 aliphatic heterocycles. The van der Waals surface area contributed by atoms with Crippen molar-refractivity contribution in [3.05, 3.63) is 65.4 Å². The number of allylic oxidation sites excluding steroid dienone is 5. The van der Waals surface area contributed by atoms with Crippen molar-refractivity contribution in [3.63, 3.8) is 0 Å². The van der Waals surface area contributed by atoms with Crippen LogP contribution >= 0.6 is 0 Å². The van der Waals surface area contributed by atoms with E-state index in [4.69, 9.17) is 0 Å². The highest BCUT2D eigenvalue weighted by molar-refractivity contribution is 5.76. The van der Waals surface area contributed by atoms with Crippen LogP contribution in [0.3, 0.4) is 0 Å². The van der Waals surface area contributed by atoms with Crippen molar-refractivity contribution >= 4 is 5.57 Å². The van der Waals surface area contributed by atoms with Gasteiger partial charge in [-0.15, -0.1) is 0 Å². The second-order valence-electron chi connectivity index (χ2n) is 5.13. The maximum absolute atomic E-state index is 3.45. The molecule has 0 aromatic heterocycles. The first-order chi connectivity index (χ1) is 9.34. The summed E-state index contributed by atoms with van der Waals surface area (Å²) < 4.78 is 0. The molecule has 1 fully saturated rings. The molecule has 2 heteroatoms. The maximum atomic E-state index is 3.45. The van der Waals surface area contributed by atoms with E-state index in [1.165, 1.54) is 22.4 Å². The number of nitrogens with one attached hydrogen (secondary N) is 1. The van der Waals surface area contributed by atoms with Gasteiger partial charge in [0.15, 0.2) is 0 Å². The Labute approximate surface area is 115 Å². The molecular weight excluding hydrogens is 232 g/mol. The van der Waals surface area contributed by atoms with Crippen LogP contribution in [-0.4, -0.2) is 31.6 Å². The second-order valence-corrected chi connectivity index (χ2v) is 5.13. The molecule has 1 aromatic carbocycles. The Kier molecular flexibility index (Phi) is 3.51. The predicted octanol–water partition coefficient (Wildman–Crippen LogP) is 2.82. The van der Waals surface area contributed by atoms with Gasteiger partial charge >= 0.3 is 0 Å². The van der Waals surface area contributed by atoms with Crippen molar-refractivity contribution in [1.29, 1.82) is 0 Å². The summed E-state index contributed by atoms with van der Waals surface area (Å²) in [4.78, 5) is 2.37. The fraction of sp³-hybridized carbons (Fsp3) is 0.294. The molecule has 1 heterocycles. The quantitative estimate of drug-likeness (QED) is 0.827. The minimum atomic E-state index is 0.991. The zero-order valence-electron chi connectivity index (χ0n) is 11.4. The Morgan fingerprint density at radius 3 is 2.63 bits per heavy atom. The fourth-order valence-electron chi connectivity index (χ4n) is 2.69. The minimum absolute atomic E-state index is 0.991. The summed E-state index contributed by atoms with van der Waals surface area (Å²) in [5.74, 6) is 0. The van der Waals surface area contributed by atoms with Crippen LogP contribution in [0.1, 0.15) is 12.0 Å². The fourth-order valence-corrected chi connectivity index (χ4v) is 2.69. The Morgan fingerprint density at radius 1 is 1.11 bits per heavy atom. The van der Waals surface area contributed by atoms with Crippen LogP contribution in [0.5, 0.6) is 0 Å². The first-order valence-corrected chi connectivity index (χ1v) is 6.92. The molecule has 98 valence electrons. The highest BCUT2D eigenvalue weighted by Gasteiger charge is 2.15. The van der Waals surface area contributed by atoms with Gasteiger partial charge < -0.3 is 10.2 Å². The number of piperazine rings is 1. The summed E-state index contributed by atoms with van der Waals surface area (Å²) in [5.41, 5.74) is 5.51. The number of likely N-dealkylation sites (N-methyl/N-ethyl adjacent to an activating group) is 1. The molecule has 2 nitrogen and oxygen atoms in total. The Morgan fingerprint density at radius 2 is 1.95 bits per heavy atom. The Balaban J connectivity index is 1.81. The summed E-state index contributed by atoms with van der Waals surface area (Å²) in [6.07, 6.45) is 7.88. The van der Waals surface area contributed by atoms with Gasteiger partial charge in [-0.2, -0.15) is 0 Å². The lowest BCUT2D eigenvalue weighted by atomic mass is 9.95. The standard InChI is InChI=1S/C17H20N2/c1-19-12-11-18-13-17(19)16-9-7-15(8-10-16)14-5-3-2-4-6-14/h2-9,18H,10-13H2,1H3. The van der Waals surface area contributed by atoms with Gasteiger partial charge in [0.25, 0.3) is 0 Å². The molecule has 1 N–H and O–H groups in total. The van der Waals surface area contributed by atoms with Crippen LogP contribution in [0.4, 0.5) is 0 Å². The molecule has 0 amide bonds. The monoisotopic (exact) mass is 252 g/mol. The summed E-state index contributed by atoms with van der Waals surface area (Å²) in [6.45, 7) is 3.18. The van der Waals surface area contributed by atoms with Crippen molar-refractivity contribution in [2.75, 3.05) is 26.7 Å². The van der Waals surface area contributed by atoms with Crippen LogP contribution in [0, 0.1) is 0 Å². The number of hydrogen-bond acceptors (Lipinski definition) is 2. The van der Waals surface area contributed by atoms with Crippen LogP contribution in [0.25, 0.3) is 5.57 Å². The Bertz CT molecular complexity index is 538. The lowest BCUT2D eigenvalue weighted by molar-refractivity contribution is 0.354. The summed E-state index contributed by atoms with van der Waals surface area (Å²) in [7, 11) is 2.19. The lowest BCUT2D eigenvalue weighted by Gasteiger charge is -2.31. The third-order valence-corrected chi connectivity index (χ3v) is 3.86. The predicted molar refractivity (Wildman–Crippen MR) is 80.7 cm³/mol. The Hall–Kier alpha value is -1.80. The third-order valence-electron chi connectivity index (χ3n) is 3.86. The van der Waals surface area contributed by atoms with Crippen LogP contribution < -0.4 is 5.32 Å². The zero-order valence-corrected chi connectivity index (χ0v) is 11.4. The van der Waals surface area contributed by atoms with Gasteiger partial charge in [0, 0.05) is 32.4 Å². The van der Waals surface area contributed by atoms with Gasteiger partial charge in [0.2, 0.25) is 0 Å². The van der Waals surface area contributed by atoms with Gasteiger partial charge in [0.1, 0.15) is 0 Å². The molecule has 2 aliphatic rings. The van der Waals surface area contributed by atoms with Crippen LogP contribution in [0.2, 0.25) is 0 Å². The molecule has 1 saturated heterocycles. The summed E-state index contributed by atoms with van der Waals surface area (Å²) in [6, 6.07) is 10.6. The molecule has 0 radical (unpaired) electrons. The highest BCUT2D eigenvalue weighted by atomic mass is 15.2. The van der Waals surface area contributed by atoms with Gasteiger partial charge in [0.05, 0.1) is 0 Å². The van der Waals surface area contributed by atoms with E-state index in [1.807, 2.05) is 0 Å². The minimum Gasteiger partial charge on any atom is -0.375 e. The van der Waals surface area contributed by atoms with Crippen molar-refractivity contribution in [2.24, 2.45) is 0 Å². The van der Waals surface area contributed by atoms with Gasteiger partial charge in [-0.3, -0.25) is 0 Å². The zero-order chi connectivity index (χ0) is 13.1. The number of hydrogen-bond donors (Lipinski definition) is 1. The van der Waals surface area contributed by atoms with E-state index in [-0.39, 0.29) is 0 Å². The van der Waals surface area contributed by atoms with Gasteiger partial charge in [-0.05, 0) is 23.1 Å². The van der Waals surface area contributed by atoms with Gasteiger partial charge in [-0.1, -0.05) is 48.6 Å². The molecule has 3 rings (SSSR count). The largest absolute Gasteiger partial charge is 0.375 e. The van der Waals surface area contributed by atoms with E-state index in [0.717, 1.165) is 26.1 Å². The lowest BCUT2D eigenvalue weighted by Crippen LogP contribution is -2.40. The second kappa shape index (κ2) is 5.45. The van der Waals surface area contributed by atoms with E-state index in [1.54, 1.807) is 0 Å². The summed E-state index contributed by atoms with van der Waals surface area (Å²) in [5, 5.41) is 3.45. The average molecular weight is 252 g/mol. The molecule has 0 unspecified atom stereocenters. The molecular formula is C17H20N2. The maximum Gasteiger partial charge on any atom is 0.0359 e. The van der Waals surface area contributed by atoms with Crippen LogP contribution in [0.15, 0.2) is 59.8 Å². The molecule has 0 saturated carbocycles. The molecule has 0 bridgehead atoms. The van der Waals surface area contributed by atoms with Crippen molar-refractivity contribution < 1.29 is 0 Å². The topological polar surface area (TPSA) is 15.3 Å². The molecule has 19 heavy (non-hydrogen) atoms. The highest BCUT2D eigenvalue weighted by Crippen LogP contribution is 2.26. The van der Waals surface area contributed by atoms with Gasteiger partial charge in [-0.25, -0.2) is 0 Å². The number of rotatable bonds is 1. The average Bonchev–Trinajstić information content (AvgIpc) is 2.49. The van der Waals surface area contributed by atoms with Crippen molar-refractivity contribution in [3.8, 4) is 0 Å². The van der Waals surface area contributed by atoms with E-state index in [2.05, 4.69) is 65.8 Å². The normalized spacial score (nSPS) is 23.4. The number of nitrogens with zero attached hydrogens (tertiary/aromatic N) is 1. The van der Waals surface area contributed by atoms with E-state index < -0.39 is 0 Å². The van der Waals surface area contributed by atoms with Crippen molar-refractivity contribution in [1.82, 2.24) is 10.2 Å². The first kappa shape index (κ1) is 12.2. The van der Waals surface area contributed by atoms with E-state index >= 15 is 0 Å². The number of benzene rings is 1. The van der Waals surface area contributed by atoms with Crippen LogP contribution in [-0.2, 0) is 0 Å². The van der Waals surface area contributed by atoms with E-state index in [9.17, 15) is 0 Å². The molecule has 1 aromatic rings. The first-order valence-electron chi connectivity index (χ1n) is 6.92. The van der Waals surface area contributed by atoms with E-state index in [0.29, 0.717) is 0 Å². The molecule has 0 atom stereocenters. The SMILES string of the molecule is CN1CCNCC1=C1C=CC(c2ccccc2)=CC1. The van der Waals surface area contributed by atoms with Crippen molar-refractivity contribution in [2.45, 2.75) is 6.42 Å². The molecule has 0 spiro atoms. The third kappa shape index (κ3) is 2.64. The smallest absolute Gasteiger partial charge is 0.0359 e. The molecule has 1 aliphatic carbocycles. The summed E-state index contributed by atoms with van der Waals surface area (Å²) >= 11 is 0.